The van der Waals surface area contributed by atoms with Crippen molar-refractivity contribution in [3.8, 4) is 0 Å². The molecule has 4 amide bonds. The maximum atomic E-state index is 12.3. The molecule has 11 nitrogen and oxygen atoms in total. The summed E-state index contributed by atoms with van der Waals surface area (Å²) in [6, 6.07) is 11.5. The fraction of sp³-hybridized carbons (Fsp3) is 0.182. The Balaban J connectivity index is 1.22. The molecular formula is C22H19N5O6. The second-order valence-corrected chi connectivity index (χ2v) is 7.26. The Morgan fingerprint density at radius 2 is 1.82 bits per heavy atom. The largest absolute Gasteiger partial charge is 0.456 e. The monoisotopic (exact) mass is 449 g/mol. The zero-order chi connectivity index (χ0) is 23.5. The molecule has 1 aromatic heterocycles. The first kappa shape index (κ1) is 21.7. The third-order valence-corrected chi connectivity index (χ3v) is 5.04. The van der Waals surface area contributed by atoms with Crippen LogP contribution < -0.4 is 10.6 Å². The van der Waals surface area contributed by atoms with Gasteiger partial charge in [-0.25, -0.2) is 0 Å². The summed E-state index contributed by atoms with van der Waals surface area (Å²) in [6.45, 7) is -0.532. The average molecular weight is 449 g/mol. The van der Waals surface area contributed by atoms with Crippen LogP contribution in [0.4, 0.5) is 5.69 Å². The number of imide groups is 1. The fourth-order valence-corrected chi connectivity index (χ4v) is 3.35. The number of aromatic nitrogens is 2. The van der Waals surface area contributed by atoms with Crippen molar-refractivity contribution in [1.29, 1.82) is 0 Å². The minimum atomic E-state index is -0.673. The number of para-hydroxylation sites is 1. The minimum Gasteiger partial charge on any atom is -0.456 e. The number of hydrogen-bond acceptors (Lipinski definition) is 7. The molecule has 0 saturated heterocycles. The first-order valence-corrected chi connectivity index (χ1v) is 9.98. The number of rotatable bonds is 7. The van der Waals surface area contributed by atoms with Gasteiger partial charge in [0, 0.05) is 24.7 Å². The van der Waals surface area contributed by atoms with E-state index in [4.69, 9.17) is 4.74 Å². The zero-order valence-corrected chi connectivity index (χ0v) is 17.5. The van der Waals surface area contributed by atoms with Crippen molar-refractivity contribution in [2.45, 2.75) is 6.42 Å². The average Bonchev–Trinajstić information content (AvgIpc) is 3.33. The smallest absolute Gasteiger partial charge is 0.308 e. The molecule has 168 valence electrons. The molecule has 0 spiro atoms. The Bertz CT molecular complexity index is 1300. The number of esters is 1. The molecule has 0 bridgehead atoms. The zero-order valence-electron chi connectivity index (χ0n) is 17.5. The van der Waals surface area contributed by atoms with Gasteiger partial charge in [0.15, 0.2) is 12.3 Å². The van der Waals surface area contributed by atoms with E-state index in [9.17, 15) is 24.0 Å². The van der Waals surface area contributed by atoms with Gasteiger partial charge in [-0.15, -0.1) is 0 Å². The number of benzene rings is 2. The van der Waals surface area contributed by atoms with Crippen LogP contribution in [0.1, 0.15) is 37.6 Å². The van der Waals surface area contributed by atoms with Crippen molar-refractivity contribution in [2.24, 2.45) is 0 Å². The van der Waals surface area contributed by atoms with Gasteiger partial charge in [0.05, 0.1) is 23.1 Å². The third-order valence-electron chi connectivity index (χ3n) is 5.04. The number of fused-ring (bicyclic) bond motifs is 2. The van der Waals surface area contributed by atoms with E-state index in [-0.39, 0.29) is 29.8 Å². The van der Waals surface area contributed by atoms with Gasteiger partial charge in [-0.1, -0.05) is 18.2 Å². The first-order valence-electron chi connectivity index (χ1n) is 9.98. The highest BCUT2D eigenvalue weighted by atomic mass is 16.5. The van der Waals surface area contributed by atoms with Gasteiger partial charge < -0.3 is 15.4 Å². The molecule has 2 aromatic carbocycles. The normalized spacial score (nSPS) is 12.6. The molecule has 0 unspecified atom stereocenters. The van der Waals surface area contributed by atoms with E-state index < -0.39 is 36.2 Å². The highest BCUT2D eigenvalue weighted by molar-refractivity contribution is 6.21. The van der Waals surface area contributed by atoms with E-state index in [2.05, 4.69) is 20.8 Å². The molecule has 0 radical (unpaired) electrons. The Labute approximate surface area is 187 Å². The molecular weight excluding hydrogens is 430 g/mol. The molecule has 1 aliphatic rings. The highest BCUT2D eigenvalue weighted by Crippen LogP contribution is 2.24. The lowest BCUT2D eigenvalue weighted by Crippen LogP contribution is -2.28. The van der Waals surface area contributed by atoms with Crippen LogP contribution in [-0.4, -0.2) is 64.9 Å². The molecule has 0 atom stereocenters. The van der Waals surface area contributed by atoms with Gasteiger partial charge in [0.25, 0.3) is 23.6 Å². The van der Waals surface area contributed by atoms with Crippen molar-refractivity contribution in [3.63, 3.8) is 0 Å². The number of H-pyrrole nitrogens is 1. The number of nitrogens with zero attached hydrogens (tertiary/aromatic N) is 2. The number of anilines is 1. The predicted molar refractivity (Wildman–Crippen MR) is 115 cm³/mol. The maximum absolute atomic E-state index is 12.3. The van der Waals surface area contributed by atoms with E-state index >= 15 is 0 Å². The molecule has 3 N–H and O–H groups in total. The van der Waals surface area contributed by atoms with Crippen LogP contribution in [0, 0.1) is 0 Å². The molecule has 4 rings (SSSR count). The predicted octanol–water partition coefficient (Wildman–Crippen LogP) is 1.09. The van der Waals surface area contributed by atoms with Crippen LogP contribution in [0.5, 0.6) is 0 Å². The first-order chi connectivity index (χ1) is 15.8. The van der Waals surface area contributed by atoms with Gasteiger partial charge in [-0.2, -0.15) is 5.10 Å². The van der Waals surface area contributed by atoms with E-state index in [0.29, 0.717) is 11.1 Å². The summed E-state index contributed by atoms with van der Waals surface area (Å²) in [4.78, 5) is 61.1. The molecule has 3 aromatic rings. The highest BCUT2D eigenvalue weighted by Gasteiger charge is 2.32. The summed E-state index contributed by atoms with van der Waals surface area (Å²) in [7, 11) is 1.38. The lowest BCUT2D eigenvalue weighted by atomic mass is 10.1. The molecule has 2 heterocycles. The Hall–Kier alpha value is -4.54. The van der Waals surface area contributed by atoms with Crippen LogP contribution >= 0.6 is 0 Å². The number of aromatic amines is 1. The fourth-order valence-electron chi connectivity index (χ4n) is 3.35. The lowest BCUT2D eigenvalue weighted by Gasteiger charge is -2.08. The molecule has 0 aliphatic carbocycles. The second-order valence-electron chi connectivity index (χ2n) is 7.26. The van der Waals surface area contributed by atoms with Crippen molar-refractivity contribution < 1.29 is 28.7 Å². The molecule has 33 heavy (non-hydrogen) atoms. The molecule has 1 aliphatic heterocycles. The SMILES string of the molecule is CN1C(=O)c2ccc(NC(=O)COC(=O)CCNC(=O)c3n[nH]c4ccccc34)cc2C1=O. The summed E-state index contributed by atoms with van der Waals surface area (Å²) in [6.07, 6.45) is -0.136. The number of nitrogens with one attached hydrogen (secondary N) is 3. The number of carbonyl (C=O) groups excluding carboxylic acids is 5. The van der Waals surface area contributed by atoms with Gasteiger partial charge in [-0.05, 0) is 24.3 Å². The van der Waals surface area contributed by atoms with Crippen molar-refractivity contribution >= 4 is 46.2 Å². The molecule has 0 saturated carbocycles. The second kappa shape index (κ2) is 8.91. The summed E-state index contributed by atoms with van der Waals surface area (Å²) >= 11 is 0. The van der Waals surface area contributed by atoms with Gasteiger partial charge in [0.2, 0.25) is 0 Å². The van der Waals surface area contributed by atoms with E-state index in [1.807, 2.05) is 6.07 Å². The lowest BCUT2D eigenvalue weighted by molar-refractivity contribution is -0.147. The van der Waals surface area contributed by atoms with E-state index in [1.165, 1.54) is 25.2 Å². The van der Waals surface area contributed by atoms with Crippen LogP contribution in [0.3, 0.4) is 0 Å². The number of amides is 4. The third kappa shape index (κ3) is 4.42. The summed E-state index contributed by atoms with van der Waals surface area (Å²) in [5, 5.41) is 12.5. The number of carbonyl (C=O) groups is 5. The quantitative estimate of drug-likeness (QED) is 0.361. The standard InChI is InChI=1S/C22H19N5O6/c1-27-21(31)13-7-6-12(10-15(13)22(27)32)24-17(28)11-33-18(29)8-9-23-20(30)19-14-4-2-3-5-16(14)25-26-19/h2-7,10H,8-9,11H2,1H3,(H,23,30)(H,24,28)(H,25,26). The number of ether oxygens (including phenoxy) is 1. The Morgan fingerprint density at radius 1 is 1.06 bits per heavy atom. The summed E-state index contributed by atoms with van der Waals surface area (Å²) < 4.78 is 4.91. The van der Waals surface area contributed by atoms with Gasteiger partial charge in [-0.3, -0.25) is 34.0 Å². The summed E-state index contributed by atoms with van der Waals surface area (Å²) in [5.41, 5.74) is 1.69. The van der Waals surface area contributed by atoms with E-state index in [0.717, 1.165) is 10.4 Å². The number of hydrogen-bond donors (Lipinski definition) is 3. The Kier molecular flexibility index (Phi) is 5.85. The maximum Gasteiger partial charge on any atom is 0.308 e. The van der Waals surface area contributed by atoms with Crippen molar-refractivity contribution in [1.82, 2.24) is 20.4 Å². The minimum absolute atomic E-state index is 0.00888. The topological polar surface area (TPSA) is 151 Å². The molecule has 0 fully saturated rings. The van der Waals surface area contributed by atoms with Crippen LogP contribution in [0.25, 0.3) is 10.9 Å². The van der Waals surface area contributed by atoms with Crippen LogP contribution in [-0.2, 0) is 14.3 Å². The van der Waals surface area contributed by atoms with Crippen molar-refractivity contribution in [2.75, 3.05) is 25.5 Å². The molecule has 11 heteroatoms. The summed E-state index contributed by atoms with van der Waals surface area (Å²) in [5.74, 6) is -2.58. The van der Waals surface area contributed by atoms with Crippen LogP contribution in [0.2, 0.25) is 0 Å². The van der Waals surface area contributed by atoms with Crippen molar-refractivity contribution in [3.05, 3.63) is 59.3 Å². The van der Waals surface area contributed by atoms with Crippen LogP contribution in [0.15, 0.2) is 42.5 Å². The Morgan fingerprint density at radius 3 is 2.64 bits per heavy atom. The van der Waals surface area contributed by atoms with Gasteiger partial charge >= 0.3 is 5.97 Å². The van der Waals surface area contributed by atoms with Gasteiger partial charge in [0.1, 0.15) is 0 Å². The van der Waals surface area contributed by atoms with E-state index in [1.54, 1.807) is 18.2 Å².